The average Bonchev–Trinajstić information content (AvgIpc) is 2.86. The quantitative estimate of drug-likeness (QED) is 0.379. The molecular weight excluding hydrogens is 533 g/mol. The fourth-order valence-electron chi connectivity index (χ4n) is 4.20. The lowest BCUT2D eigenvalue weighted by molar-refractivity contribution is -0.141. The fourth-order valence-corrected chi connectivity index (χ4v) is 4.37. The van der Waals surface area contributed by atoms with Crippen LogP contribution in [0.1, 0.15) is 75.8 Å². The van der Waals surface area contributed by atoms with Crippen LogP contribution in [0.25, 0.3) is 0 Å². The first-order valence-electron chi connectivity index (χ1n) is 13.0. The summed E-state index contributed by atoms with van der Waals surface area (Å²) in [7, 11) is 0. The molecule has 0 spiro atoms. The second-order valence-electron chi connectivity index (χ2n) is 11.0. The van der Waals surface area contributed by atoms with E-state index in [1.807, 2.05) is 4.90 Å². The van der Waals surface area contributed by atoms with E-state index in [1.165, 1.54) is 6.07 Å². The molecule has 2 aromatic rings. The van der Waals surface area contributed by atoms with Crippen LogP contribution in [0.5, 0.6) is 0 Å². The van der Waals surface area contributed by atoms with Gasteiger partial charge in [-0.2, -0.15) is 13.2 Å². The highest BCUT2D eigenvalue weighted by atomic mass is 35.5. The van der Waals surface area contributed by atoms with Gasteiger partial charge in [-0.15, -0.1) is 0 Å². The minimum absolute atomic E-state index is 0.0604. The van der Waals surface area contributed by atoms with Crippen LogP contribution in [-0.2, 0) is 28.8 Å². The standard InChI is InChI=1S/C28H36ClF3N4O3/c1-18-12-14-35(15-13-18)24-22(10-11-23(34-24)28(30,31)32)16-33-25(37)19(2)21-8-6-20(7-9-21)17-36(29)26(38)39-27(3,4)5/h6-11,18-19H,12-17H2,1-5H3,(H,33,37). The maximum absolute atomic E-state index is 13.4. The van der Waals surface area contributed by atoms with E-state index in [9.17, 15) is 22.8 Å². The molecular formula is C28H36ClF3N4O3. The van der Waals surface area contributed by atoms with Crippen molar-refractivity contribution in [2.75, 3.05) is 18.0 Å². The largest absolute Gasteiger partial charge is 0.443 e. The van der Waals surface area contributed by atoms with E-state index in [1.54, 1.807) is 52.0 Å². The van der Waals surface area contributed by atoms with E-state index < -0.39 is 29.5 Å². The van der Waals surface area contributed by atoms with Gasteiger partial charge < -0.3 is 15.0 Å². The third kappa shape index (κ3) is 8.74. The zero-order valence-corrected chi connectivity index (χ0v) is 23.7. The van der Waals surface area contributed by atoms with Crippen molar-refractivity contribution in [3.8, 4) is 0 Å². The molecule has 1 aliphatic rings. The van der Waals surface area contributed by atoms with Gasteiger partial charge in [0.15, 0.2) is 0 Å². The zero-order valence-electron chi connectivity index (χ0n) is 22.9. The summed E-state index contributed by atoms with van der Waals surface area (Å²) in [5, 5.41) is 2.85. The van der Waals surface area contributed by atoms with E-state index in [0.717, 1.165) is 34.5 Å². The Labute approximate surface area is 232 Å². The monoisotopic (exact) mass is 568 g/mol. The van der Waals surface area contributed by atoms with Crippen LogP contribution in [0.4, 0.5) is 23.8 Å². The van der Waals surface area contributed by atoms with Gasteiger partial charge in [0.25, 0.3) is 0 Å². The number of aromatic nitrogens is 1. The number of nitrogens with zero attached hydrogens (tertiary/aromatic N) is 3. The van der Waals surface area contributed by atoms with Crippen molar-refractivity contribution < 1.29 is 27.5 Å². The molecule has 0 bridgehead atoms. The summed E-state index contributed by atoms with van der Waals surface area (Å²) in [6.07, 6.45) is -3.46. The number of alkyl halides is 3. The molecule has 1 aliphatic heterocycles. The predicted octanol–water partition coefficient (Wildman–Crippen LogP) is 6.65. The molecule has 1 saturated heterocycles. The first-order chi connectivity index (χ1) is 18.1. The number of rotatable bonds is 7. The molecule has 214 valence electrons. The maximum Gasteiger partial charge on any atom is 0.433 e. The summed E-state index contributed by atoms with van der Waals surface area (Å²) in [6, 6.07) is 9.45. The second-order valence-corrected chi connectivity index (χ2v) is 11.4. The van der Waals surface area contributed by atoms with E-state index >= 15 is 0 Å². The van der Waals surface area contributed by atoms with E-state index in [4.69, 9.17) is 16.5 Å². The Morgan fingerprint density at radius 3 is 2.31 bits per heavy atom. The average molecular weight is 569 g/mol. The number of halogens is 4. The molecule has 0 aliphatic carbocycles. The van der Waals surface area contributed by atoms with Crippen LogP contribution >= 0.6 is 11.8 Å². The van der Waals surface area contributed by atoms with Gasteiger partial charge in [0, 0.05) is 37.0 Å². The first kappa shape index (κ1) is 30.5. The highest BCUT2D eigenvalue weighted by molar-refractivity contribution is 6.20. The summed E-state index contributed by atoms with van der Waals surface area (Å²) in [5.74, 6) is -0.01000. The molecule has 11 heteroatoms. The Morgan fingerprint density at radius 2 is 1.74 bits per heavy atom. The number of piperidine rings is 1. The second kappa shape index (κ2) is 12.4. The number of hydrogen-bond donors (Lipinski definition) is 1. The van der Waals surface area contributed by atoms with Gasteiger partial charge in [-0.1, -0.05) is 37.3 Å². The van der Waals surface area contributed by atoms with Crippen molar-refractivity contribution >= 4 is 29.6 Å². The number of benzene rings is 1. The van der Waals surface area contributed by atoms with Gasteiger partial charge in [0.05, 0.1) is 12.5 Å². The molecule has 3 rings (SSSR count). The fraction of sp³-hybridized carbons (Fsp3) is 0.536. The predicted molar refractivity (Wildman–Crippen MR) is 144 cm³/mol. The normalized spacial score (nSPS) is 15.6. The molecule has 1 aromatic heterocycles. The van der Waals surface area contributed by atoms with E-state index in [-0.39, 0.29) is 24.8 Å². The number of nitrogens with one attached hydrogen (secondary N) is 1. The SMILES string of the molecule is CC1CCN(c2nc(C(F)(F)F)ccc2CNC(=O)C(C)c2ccc(CN(Cl)C(=O)OC(C)(C)C)cc2)CC1. The zero-order chi connectivity index (χ0) is 29.0. The van der Waals surface area contributed by atoms with Crippen molar-refractivity contribution in [2.24, 2.45) is 5.92 Å². The van der Waals surface area contributed by atoms with Crippen molar-refractivity contribution in [1.82, 2.24) is 14.7 Å². The molecule has 0 saturated carbocycles. The minimum Gasteiger partial charge on any atom is -0.443 e. The highest BCUT2D eigenvalue weighted by Crippen LogP contribution is 2.32. The molecule has 39 heavy (non-hydrogen) atoms. The van der Waals surface area contributed by atoms with Crippen LogP contribution in [0.2, 0.25) is 0 Å². The van der Waals surface area contributed by atoms with Crippen LogP contribution in [0.3, 0.4) is 0 Å². The lowest BCUT2D eigenvalue weighted by Gasteiger charge is -2.33. The number of anilines is 1. The summed E-state index contributed by atoms with van der Waals surface area (Å²) in [6.45, 7) is 10.5. The number of carbonyl (C=O) groups excluding carboxylic acids is 2. The number of amides is 2. The van der Waals surface area contributed by atoms with Gasteiger partial charge in [0.2, 0.25) is 5.91 Å². The summed E-state index contributed by atoms with van der Waals surface area (Å²) < 4.78 is 46.3. The maximum atomic E-state index is 13.4. The van der Waals surface area contributed by atoms with Crippen LogP contribution < -0.4 is 10.2 Å². The highest BCUT2D eigenvalue weighted by Gasteiger charge is 2.34. The number of ether oxygens (including phenoxy) is 1. The molecule has 1 atom stereocenters. The van der Waals surface area contributed by atoms with Gasteiger partial charge in [-0.05, 0) is 63.6 Å². The van der Waals surface area contributed by atoms with Gasteiger partial charge in [0.1, 0.15) is 17.1 Å². The Morgan fingerprint density at radius 1 is 1.13 bits per heavy atom. The van der Waals surface area contributed by atoms with Crippen molar-refractivity contribution in [3.63, 3.8) is 0 Å². The lowest BCUT2D eigenvalue weighted by atomic mass is 9.98. The first-order valence-corrected chi connectivity index (χ1v) is 13.3. The number of pyridine rings is 1. The lowest BCUT2D eigenvalue weighted by Crippen LogP contribution is -2.35. The molecule has 2 amide bonds. The summed E-state index contributed by atoms with van der Waals surface area (Å²) in [4.78, 5) is 30.8. The molecule has 1 aromatic carbocycles. The molecule has 7 nitrogen and oxygen atoms in total. The summed E-state index contributed by atoms with van der Waals surface area (Å²) >= 11 is 6.06. The Balaban J connectivity index is 1.65. The van der Waals surface area contributed by atoms with Gasteiger partial charge in [-0.25, -0.2) is 14.2 Å². The smallest absolute Gasteiger partial charge is 0.433 e. The Bertz CT molecular complexity index is 1140. The van der Waals surface area contributed by atoms with Crippen LogP contribution in [0, 0.1) is 5.92 Å². The minimum atomic E-state index is -4.55. The molecule has 0 radical (unpaired) electrons. The van der Waals surface area contributed by atoms with E-state index in [0.29, 0.717) is 24.6 Å². The molecule has 1 N–H and O–H groups in total. The van der Waals surface area contributed by atoms with Crippen LogP contribution in [0.15, 0.2) is 36.4 Å². The van der Waals surface area contributed by atoms with Gasteiger partial charge >= 0.3 is 12.3 Å². The van der Waals surface area contributed by atoms with Crippen molar-refractivity contribution in [1.29, 1.82) is 0 Å². The Hall–Kier alpha value is -3.01. The van der Waals surface area contributed by atoms with E-state index in [2.05, 4.69) is 17.2 Å². The molecule has 2 heterocycles. The third-order valence-electron chi connectivity index (χ3n) is 6.57. The number of hydrogen-bond acceptors (Lipinski definition) is 5. The third-order valence-corrected chi connectivity index (χ3v) is 6.83. The van der Waals surface area contributed by atoms with Crippen LogP contribution in [-0.4, -0.2) is 40.1 Å². The topological polar surface area (TPSA) is 74.8 Å². The summed E-state index contributed by atoms with van der Waals surface area (Å²) in [5.41, 5.74) is 0.425. The Kier molecular flexibility index (Phi) is 9.74. The van der Waals surface area contributed by atoms with Gasteiger partial charge in [-0.3, -0.25) is 4.79 Å². The van der Waals surface area contributed by atoms with Crippen molar-refractivity contribution in [2.45, 2.75) is 78.2 Å². The van der Waals surface area contributed by atoms with Crippen molar-refractivity contribution in [3.05, 3.63) is 58.8 Å². The molecule has 1 fully saturated rings. The molecule has 1 unspecified atom stereocenters. The number of carbonyl (C=O) groups is 2.